The van der Waals surface area contributed by atoms with Crippen molar-refractivity contribution in [2.45, 2.75) is 6.54 Å². The second-order valence-corrected chi connectivity index (χ2v) is 5.48. The largest absolute Gasteiger partial charge is 0.478 e. The van der Waals surface area contributed by atoms with Crippen molar-refractivity contribution in [3.05, 3.63) is 76.9 Å². The number of aromatic nitrogens is 2. The van der Waals surface area contributed by atoms with Gasteiger partial charge in [-0.2, -0.15) is 0 Å². The molecule has 0 bridgehead atoms. The molecule has 0 aliphatic rings. The van der Waals surface area contributed by atoms with Gasteiger partial charge in [0.05, 0.1) is 5.69 Å². The smallest absolute Gasteiger partial charge is 0.339 e. The highest BCUT2D eigenvalue weighted by molar-refractivity contribution is 6.31. The average Bonchev–Trinajstić information content (AvgIpc) is 2.61. The summed E-state index contributed by atoms with van der Waals surface area (Å²) in [4.78, 5) is 19.9. The molecule has 0 fully saturated rings. The van der Waals surface area contributed by atoms with Gasteiger partial charge in [-0.15, -0.1) is 0 Å². The number of anilines is 1. The van der Waals surface area contributed by atoms with E-state index >= 15 is 0 Å². The topological polar surface area (TPSA) is 75.1 Å². The Morgan fingerprint density at radius 2 is 1.79 bits per heavy atom. The van der Waals surface area contributed by atoms with Crippen LogP contribution in [-0.2, 0) is 6.54 Å². The van der Waals surface area contributed by atoms with E-state index in [-0.39, 0.29) is 5.56 Å². The number of nitrogens with zero attached hydrogens (tertiary/aromatic N) is 2. The summed E-state index contributed by atoms with van der Waals surface area (Å²) in [6.45, 7) is 0.445. The fourth-order valence-corrected chi connectivity index (χ4v) is 2.46. The molecule has 0 saturated carbocycles. The van der Waals surface area contributed by atoms with Crippen molar-refractivity contribution in [2.24, 2.45) is 0 Å². The number of rotatable bonds is 5. The summed E-state index contributed by atoms with van der Waals surface area (Å²) >= 11 is 6.13. The molecule has 0 amide bonds. The number of nitrogens with one attached hydrogen (secondary N) is 1. The third-order valence-corrected chi connectivity index (χ3v) is 3.83. The maximum absolute atomic E-state index is 11.4. The third-order valence-electron chi connectivity index (χ3n) is 3.46. The van der Waals surface area contributed by atoms with Crippen molar-refractivity contribution >= 4 is 23.5 Å². The van der Waals surface area contributed by atoms with Crippen LogP contribution >= 0.6 is 11.6 Å². The Kier molecular flexibility index (Phi) is 4.72. The number of halogens is 1. The number of carbonyl (C=O) groups is 1. The summed E-state index contributed by atoms with van der Waals surface area (Å²) in [5.41, 5.74) is 2.06. The maximum atomic E-state index is 11.4. The summed E-state index contributed by atoms with van der Waals surface area (Å²) in [6, 6.07) is 16.6. The van der Waals surface area contributed by atoms with E-state index in [2.05, 4.69) is 15.3 Å². The summed E-state index contributed by atoms with van der Waals surface area (Å²) in [5.74, 6) is -0.717. The van der Waals surface area contributed by atoms with Crippen molar-refractivity contribution in [1.82, 2.24) is 9.97 Å². The van der Waals surface area contributed by atoms with Gasteiger partial charge >= 0.3 is 5.97 Å². The van der Waals surface area contributed by atoms with E-state index < -0.39 is 5.97 Å². The second kappa shape index (κ2) is 7.10. The lowest BCUT2D eigenvalue weighted by atomic mass is 10.1. The first-order valence-electron chi connectivity index (χ1n) is 7.28. The molecule has 2 N–H and O–H groups in total. The lowest BCUT2D eigenvalue weighted by molar-refractivity contribution is 0.0697. The van der Waals surface area contributed by atoms with E-state index in [0.29, 0.717) is 23.2 Å². The fourth-order valence-electron chi connectivity index (χ4n) is 2.26. The van der Waals surface area contributed by atoms with Crippen LogP contribution in [0.25, 0.3) is 11.3 Å². The molecule has 0 saturated heterocycles. The van der Waals surface area contributed by atoms with Crippen LogP contribution in [0.1, 0.15) is 15.9 Å². The first kappa shape index (κ1) is 16.0. The minimum Gasteiger partial charge on any atom is -0.478 e. The molecule has 0 spiro atoms. The monoisotopic (exact) mass is 339 g/mol. The van der Waals surface area contributed by atoms with Gasteiger partial charge in [0.2, 0.25) is 5.95 Å². The Labute approximate surface area is 144 Å². The van der Waals surface area contributed by atoms with Gasteiger partial charge in [0, 0.05) is 23.3 Å². The molecule has 0 aliphatic heterocycles. The number of carboxylic acid groups (broad SMARTS) is 1. The maximum Gasteiger partial charge on any atom is 0.339 e. The van der Waals surface area contributed by atoms with Crippen molar-refractivity contribution in [3.8, 4) is 11.3 Å². The molecule has 3 rings (SSSR count). The molecule has 3 aromatic rings. The number of benzene rings is 2. The first-order chi connectivity index (χ1) is 11.6. The Balaban J connectivity index is 1.90. The Hall–Kier alpha value is -2.92. The molecule has 2 aromatic carbocycles. The van der Waals surface area contributed by atoms with Gasteiger partial charge in [-0.3, -0.25) is 0 Å². The molecule has 1 aromatic heterocycles. The van der Waals surface area contributed by atoms with Crippen molar-refractivity contribution in [1.29, 1.82) is 0 Å². The molecular formula is C18H14ClN3O2. The standard InChI is InChI=1S/C18H14ClN3O2/c19-15-9-5-4-8-13(15)10-20-18-21-11-14(17(23)24)16(22-18)12-6-2-1-3-7-12/h1-9,11H,10H2,(H,23,24)(H,20,21,22). The van der Waals surface area contributed by atoms with Crippen molar-refractivity contribution in [2.75, 3.05) is 5.32 Å². The molecule has 5 nitrogen and oxygen atoms in total. The van der Waals surface area contributed by atoms with Crippen LogP contribution in [0.2, 0.25) is 5.02 Å². The van der Waals surface area contributed by atoms with Crippen LogP contribution in [0.15, 0.2) is 60.8 Å². The van der Waals surface area contributed by atoms with Gasteiger partial charge in [0.1, 0.15) is 5.56 Å². The van der Waals surface area contributed by atoms with E-state index in [1.807, 2.05) is 54.6 Å². The minimum atomic E-state index is -1.06. The number of carboxylic acids is 1. The zero-order chi connectivity index (χ0) is 16.9. The zero-order valence-electron chi connectivity index (χ0n) is 12.6. The number of hydrogen-bond donors (Lipinski definition) is 2. The molecule has 0 atom stereocenters. The quantitative estimate of drug-likeness (QED) is 0.731. The van der Waals surface area contributed by atoms with E-state index in [1.54, 1.807) is 0 Å². The van der Waals surface area contributed by atoms with Crippen LogP contribution in [0.5, 0.6) is 0 Å². The third kappa shape index (κ3) is 3.52. The highest BCUT2D eigenvalue weighted by atomic mass is 35.5. The molecule has 24 heavy (non-hydrogen) atoms. The summed E-state index contributed by atoms with van der Waals surface area (Å²) in [5, 5.41) is 13.1. The van der Waals surface area contributed by atoms with Crippen LogP contribution in [-0.4, -0.2) is 21.0 Å². The zero-order valence-corrected chi connectivity index (χ0v) is 13.4. The first-order valence-corrected chi connectivity index (χ1v) is 7.66. The highest BCUT2D eigenvalue weighted by Gasteiger charge is 2.15. The molecular weight excluding hydrogens is 326 g/mol. The second-order valence-electron chi connectivity index (χ2n) is 5.07. The number of hydrogen-bond acceptors (Lipinski definition) is 4. The van der Waals surface area contributed by atoms with Gasteiger partial charge in [0.15, 0.2) is 0 Å². The van der Waals surface area contributed by atoms with Crippen LogP contribution in [0.3, 0.4) is 0 Å². The van der Waals surface area contributed by atoms with E-state index in [0.717, 1.165) is 11.1 Å². The Morgan fingerprint density at radius 1 is 1.08 bits per heavy atom. The SMILES string of the molecule is O=C(O)c1cnc(NCc2ccccc2Cl)nc1-c1ccccc1. The van der Waals surface area contributed by atoms with E-state index in [9.17, 15) is 9.90 Å². The van der Waals surface area contributed by atoms with Crippen molar-refractivity contribution < 1.29 is 9.90 Å². The Bertz CT molecular complexity index is 869. The normalized spacial score (nSPS) is 10.4. The van der Waals surface area contributed by atoms with Crippen LogP contribution in [0.4, 0.5) is 5.95 Å². The molecule has 0 radical (unpaired) electrons. The highest BCUT2D eigenvalue weighted by Crippen LogP contribution is 2.23. The molecule has 0 unspecified atom stereocenters. The van der Waals surface area contributed by atoms with E-state index in [4.69, 9.17) is 11.6 Å². The Morgan fingerprint density at radius 3 is 2.50 bits per heavy atom. The molecule has 0 aliphatic carbocycles. The summed E-state index contributed by atoms with van der Waals surface area (Å²) in [7, 11) is 0. The summed E-state index contributed by atoms with van der Waals surface area (Å²) in [6.07, 6.45) is 1.31. The van der Waals surface area contributed by atoms with Crippen LogP contribution < -0.4 is 5.32 Å². The van der Waals surface area contributed by atoms with Gasteiger partial charge in [-0.1, -0.05) is 60.1 Å². The molecule has 120 valence electrons. The van der Waals surface area contributed by atoms with Crippen LogP contribution in [0, 0.1) is 0 Å². The van der Waals surface area contributed by atoms with Gasteiger partial charge in [0.25, 0.3) is 0 Å². The van der Waals surface area contributed by atoms with Gasteiger partial charge in [-0.25, -0.2) is 14.8 Å². The lowest BCUT2D eigenvalue weighted by Crippen LogP contribution is -2.08. The summed E-state index contributed by atoms with van der Waals surface area (Å²) < 4.78 is 0. The predicted octanol–water partition coefficient (Wildman–Crippen LogP) is 4.11. The fraction of sp³-hybridized carbons (Fsp3) is 0.0556. The molecule has 1 heterocycles. The van der Waals surface area contributed by atoms with Crippen molar-refractivity contribution in [3.63, 3.8) is 0 Å². The predicted molar refractivity (Wildman–Crippen MR) is 93.2 cm³/mol. The molecule has 6 heteroatoms. The van der Waals surface area contributed by atoms with Gasteiger partial charge in [-0.05, 0) is 11.6 Å². The number of aromatic carboxylic acids is 1. The minimum absolute atomic E-state index is 0.0597. The van der Waals surface area contributed by atoms with Gasteiger partial charge < -0.3 is 10.4 Å². The van der Waals surface area contributed by atoms with E-state index in [1.165, 1.54) is 6.20 Å². The average molecular weight is 340 g/mol. The lowest BCUT2D eigenvalue weighted by Gasteiger charge is -2.10.